The third-order valence-electron chi connectivity index (χ3n) is 4.99. The summed E-state index contributed by atoms with van der Waals surface area (Å²) in [4.78, 5) is 8.28. The first-order valence-electron chi connectivity index (χ1n) is 8.93. The second-order valence-corrected chi connectivity index (χ2v) is 9.01. The van der Waals surface area contributed by atoms with E-state index < -0.39 is 10.0 Å². The highest BCUT2D eigenvalue weighted by molar-refractivity contribution is 7.89. The summed E-state index contributed by atoms with van der Waals surface area (Å²) in [5.41, 5.74) is 7.66. The molecule has 0 aliphatic heterocycles. The molecule has 1 aliphatic carbocycles. The largest absolute Gasteiger partial charge is 0.393 e. The molecule has 1 aliphatic rings. The molecule has 28 heavy (non-hydrogen) atoms. The van der Waals surface area contributed by atoms with Gasteiger partial charge in [0.2, 0.25) is 10.0 Å². The van der Waals surface area contributed by atoms with Gasteiger partial charge in [0.1, 0.15) is 4.90 Å². The topological polar surface area (TPSA) is 123 Å². The molecule has 0 unspecified atom stereocenters. The number of rotatable bonds is 4. The number of nitrogens with zero attached hydrogens (tertiary/aromatic N) is 3. The number of sulfonamides is 1. The van der Waals surface area contributed by atoms with Crippen LogP contribution in [0.15, 0.2) is 41.7 Å². The maximum atomic E-state index is 12.9. The highest BCUT2D eigenvalue weighted by Crippen LogP contribution is 2.30. The van der Waals surface area contributed by atoms with Crippen LogP contribution in [0.3, 0.4) is 0 Å². The van der Waals surface area contributed by atoms with Crippen molar-refractivity contribution in [1.29, 1.82) is 0 Å². The van der Waals surface area contributed by atoms with Crippen LogP contribution in [0.2, 0.25) is 5.02 Å². The van der Waals surface area contributed by atoms with Crippen molar-refractivity contribution >= 4 is 33.1 Å². The molecule has 0 amide bonds. The van der Waals surface area contributed by atoms with Gasteiger partial charge >= 0.3 is 0 Å². The normalized spacial score (nSPS) is 20.5. The van der Waals surface area contributed by atoms with Gasteiger partial charge in [-0.1, -0.05) is 17.7 Å². The number of nitrogens with two attached hydrogens (primary N) is 1. The lowest BCUT2D eigenvalue weighted by Crippen LogP contribution is -2.38. The number of aromatic nitrogens is 3. The third kappa shape index (κ3) is 3.58. The average Bonchev–Trinajstić information content (AvgIpc) is 3.09. The number of benzene rings is 1. The summed E-state index contributed by atoms with van der Waals surface area (Å²) >= 11 is 6.21. The molecule has 0 spiro atoms. The van der Waals surface area contributed by atoms with E-state index in [4.69, 9.17) is 17.3 Å². The van der Waals surface area contributed by atoms with Crippen molar-refractivity contribution in [2.24, 2.45) is 0 Å². The second-order valence-electron chi connectivity index (χ2n) is 6.92. The van der Waals surface area contributed by atoms with Crippen molar-refractivity contribution in [3.05, 3.63) is 41.8 Å². The van der Waals surface area contributed by atoms with E-state index in [0.29, 0.717) is 42.6 Å². The molecule has 4 N–H and O–H groups in total. The fourth-order valence-electron chi connectivity index (χ4n) is 3.50. The molecule has 1 saturated carbocycles. The molecule has 0 saturated heterocycles. The van der Waals surface area contributed by atoms with Gasteiger partial charge in [0.25, 0.3) is 0 Å². The van der Waals surface area contributed by atoms with Crippen LogP contribution in [-0.2, 0) is 10.0 Å². The maximum Gasteiger partial charge on any atom is 0.242 e. The predicted molar refractivity (Wildman–Crippen MR) is 106 cm³/mol. The van der Waals surface area contributed by atoms with Crippen LogP contribution >= 0.6 is 11.6 Å². The first kappa shape index (κ1) is 19.1. The van der Waals surface area contributed by atoms with Crippen LogP contribution in [0.4, 0.5) is 5.82 Å². The number of hydrogen-bond donors (Lipinski definition) is 3. The molecule has 0 radical (unpaired) electrons. The van der Waals surface area contributed by atoms with Crippen LogP contribution in [-0.4, -0.2) is 40.0 Å². The number of anilines is 1. The Morgan fingerprint density at radius 1 is 1.21 bits per heavy atom. The van der Waals surface area contributed by atoms with Crippen LogP contribution < -0.4 is 10.5 Å². The molecule has 2 heterocycles. The summed E-state index contributed by atoms with van der Waals surface area (Å²) in [5, 5.41) is 9.76. The number of aliphatic hydroxyl groups excluding tert-OH is 1. The van der Waals surface area contributed by atoms with E-state index in [1.165, 1.54) is 6.07 Å². The molecular weight excluding hydrogens is 402 g/mol. The van der Waals surface area contributed by atoms with E-state index in [9.17, 15) is 13.5 Å². The number of nitrogen functional groups attached to an aromatic ring is 1. The summed E-state index contributed by atoms with van der Waals surface area (Å²) in [6, 6.07) is 4.61. The highest BCUT2D eigenvalue weighted by atomic mass is 35.5. The number of fused-ring (bicyclic) bond motifs is 1. The zero-order chi connectivity index (χ0) is 19.9. The van der Waals surface area contributed by atoms with Gasteiger partial charge in [0, 0.05) is 24.0 Å². The van der Waals surface area contributed by atoms with Gasteiger partial charge in [-0.15, -0.1) is 0 Å². The molecule has 2 aromatic heterocycles. The zero-order valence-electron chi connectivity index (χ0n) is 14.9. The highest BCUT2D eigenvalue weighted by Gasteiger charge is 2.26. The number of hydrogen-bond acceptors (Lipinski definition) is 6. The van der Waals surface area contributed by atoms with Gasteiger partial charge in [0.15, 0.2) is 11.5 Å². The number of imidazole rings is 1. The minimum Gasteiger partial charge on any atom is -0.393 e. The minimum absolute atomic E-state index is 0.00904. The quantitative estimate of drug-likeness (QED) is 0.593. The van der Waals surface area contributed by atoms with Crippen molar-refractivity contribution in [2.75, 3.05) is 5.73 Å². The lowest BCUT2D eigenvalue weighted by Gasteiger charge is -2.26. The Bertz CT molecular complexity index is 1120. The van der Waals surface area contributed by atoms with Crippen molar-refractivity contribution in [1.82, 2.24) is 19.1 Å². The van der Waals surface area contributed by atoms with Crippen molar-refractivity contribution in [3.63, 3.8) is 0 Å². The third-order valence-corrected chi connectivity index (χ3v) is 6.99. The summed E-state index contributed by atoms with van der Waals surface area (Å²) in [6.45, 7) is 0. The van der Waals surface area contributed by atoms with Crippen molar-refractivity contribution in [2.45, 2.75) is 42.7 Å². The van der Waals surface area contributed by atoms with Crippen LogP contribution in [0.1, 0.15) is 25.7 Å². The van der Waals surface area contributed by atoms with Gasteiger partial charge in [-0.2, -0.15) is 0 Å². The van der Waals surface area contributed by atoms with E-state index >= 15 is 0 Å². The van der Waals surface area contributed by atoms with Gasteiger partial charge < -0.3 is 10.8 Å². The van der Waals surface area contributed by atoms with Crippen LogP contribution in [0, 0.1) is 0 Å². The summed E-state index contributed by atoms with van der Waals surface area (Å²) in [5.74, 6) is 0.289. The van der Waals surface area contributed by atoms with Crippen LogP contribution in [0.5, 0.6) is 0 Å². The van der Waals surface area contributed by atoms with Gasteiger partial charge in [-0.25, -0.2) is 23.1 Å². The van der Waals surface area contributed by atoms with E-state index in [1.54, 1.807) is 35.1 Å². The SMILES string of the molecule is Nc1nccn2c(-c3ccc(Cl)c(S(=O)(=O)N[C@H]4CC[C@H](O)CC4)c3)cnc12. The Labute approximate surface area is 167 Å². The Hall–Kier alpha value is -2.20. The first-order chi connectivity index (χ1) is 13.3. The van der Waals surface area contributed by atoms with E-state index in [-0.39, 0.29) is 27.9 Å². The Balaban J connectivity index is 1.69. The zero-order valence-corrected chi connectivity index (χ0v) is 16.5. The Kier molecular flexibility index (Phi) is 5.00. The predicted octanol–water partition coefficient (Wildman–Crippen LogP) is 2.21. The Morgan fingerprint density at radius 3 is 2.71 bits per heavy atom. The maximum absolute atomic E-state index is 12.9. The lowest BCUT2D eigenvalue weighted by molar-refractivity contribution is 0.120. The molecule has 0 bridgehead atoms. The summed E-state index contributed by atoms with van der Waals surface area (Å²) in [7, 11) is -3.81. The molecule has 10 heteroatoms. The molecule has 148 valence electrons. The molecule has 1 fully saturated rings. The molecule has 1 aromatic carbocycles. The van der Waals surface area contributed by atoms with Gasteiger partial charge in [0.05, 0.1) is 23.0 Å². The molecule has 0 atom stereocenters. The smallest absolute Gasteiger partial charge is 0.242 e. The average molecular weight is 422 g/mol. The number of halogens is 1. The number of aliphatic hydroxyl groups is 1. The van der Waals surface area contributed by atoms with Gasteiger partial charge in [-0.05, 0) is 37.8 Å². The Morgan fingerprint density at radius 2 is 1.96 bits per heavy atom. The molecule has 4 rings (SSSR count). The van der Waals surface area contributed by atoms with Crippen molar-refractivity contribution < 1.29 is 13.5 Å². The first-order valence-corrected chi connectivity index (χ1v) is 10.8. The second kappa shape index (κ2) is 7.32. The van der Waals surface area contributed by atoms with Crippen LogP contribution in [0.25, 0.3) is 16.9 Å². The van der Waals surface area contributed by atoms with E-state index in [2.05, 4.69) is 14.7 Å². The standard InChI is InChI=1S/C18H20ClN5O3S/c19-14-6-1-11(15-10-22-18-17(20)21-7-8-24(15)18)9-16(14)28(26,27)23-12-2-4-13(25)5-3-12/h1,6-10,12-13,23,25H,2-5H2,(H2,20,21)/t12-,13-. The molecule has 3 aromatic rings. The van der Waals surface area contributed by atoms with E-state index in [0.717, 1.165) is 0 Å². The summed E-state index contributed by atoms with van der Waals surface area (Å²) in [6.07, 6.45) is 6.88. The number of nitrogens with one attached hydrogen (secondary N) is 1. The lowest BCUT2D eigenvalue weighted by atomic mass is 9.94. The molecular formula is C18H20ClN5O3S. The minimum atomic E-state index is -3.81. The fourth-order valence-corrected chi connectivity index (χ4v) is 5.33. The van der Waals surface area contributed by atoms with E-state index in [1.807, 2.05) is 0 Å². The van der Waals surface area contributed by atoms with Gasteiger partial charge in [-0.3, -0.25) is 4.40 Å². The van der Waals surface area contributed by atoms with Crippen molar-refractivity contribution in [3.8, 4) is 11.3 Å². The fraction of sp³-hybridized carbons (Fsp3) is 0.333. The summed E-state index contributed by atoms with van der Waals surface area (Å²) < 4.78 is 30.3. The monoisotopic (exact) mass is 421 g/mol. The molecule has 8 nitrogen and oxygen atoms in total.